The van der Waals surface area contributed by atoms with E-state index in [4.69, 9.17) is 21.1 Å². The Morgan fingerprint density at radius 3 is 2.72 bits per heavy atom. The van der Waals surface area contributed by atoms with Gasteiger partial charge in [0.2, 0.25) is 0 Å². The van der Waals surface area contributed by atoms with Gasteiger partial charge in [0.05, 0.1) is 6.61 Å². The molecule has 3 aliphatic rings. The summed E-state index contributed by atoms with van der Waals surface area (Å²) in [5.74, 6) is 2.99. The van der Waals surface area contributed by atoms with E-state index in [1.54, 1.807) is 6.07 Å². The fraction of sp³-hybridized carbons (Fsp3) is 0.652. The SMILES string of the molecule is CC1(OC(=O)N2CCC([C@H]3C[C@H]3CCOc3ccc(CC=O)c(Cl)c3)CC2)CC1. The quantitative estimate of drug-likeness (QED) is 0.563. The van der Waals surface area contributed by atoms with E-state index in [1.807, 2.05) is 24.0 Å². The molecule has 1 aliphatic heterocycles. The van der Waals surface area contributed by atoms with Crippen LogP contribution in [0, 0.1) is 17.8 Å². The van der Waals surface area contributed by atoms with Crippen LogP contribution < -0.4 is 4.74 Å². The first kappa shape index (κ1) is 20.5. The van der Waals surface area contributed by atoms with Crippen molar-refractivity contribution in [1.82, 2.24) is 4.90 Å². The number of piperidine rings is 1. The molecule has 0 aromatic heterocycles. The number of ether oxygens (including phenoxy) is 2. The van der Waals surface area contributed by atoms with E-state index in [1.165, 1.54) is 6.42 Å². The highest BCUT2D eigenvalue weighted by molar-refractivity contribution is 6.31. The van der Waals surface area contributed by atoms with Crippen molar-refractivity contribution < 1.29 is 19.1 Å². The van der Waals surface area contributed by atoms with Crippen LogP contribution in [0.3, 0.4) is 0 Å². The zero-order valence-electron chi connectivity index (χ0n) is 17.1. The molecule has 2 atom stereocenters. The molecule has 2 aliphatic carbocycles. The first-order valence-corrected chi connectivity index (χ1v) is 11.2. The molecule has 158 valence electrons. The van der Waals surface area contributed by atoms with Gasteiger partial charge >= 0.3 is 6.09 Å². The third-order valence-corrected chi connectivity index (χ3v) is 7.11. The third kappa shape index (κ3) is 5.25. The smallest absolute Gasteiger partial charge is 0.410 e. The van der Waals surface area contributed by atoms with Gasteiger partial charge in [-0.1, -0.05) is 17.7 Å². The molecule has 4 rings (SSSR count). The molecule has 3 fully saturated rings. The molecule has 1 aromatic carbocycles. The first-order valence-electron chi connectivity index (χ1n) is 10.8. The van der Waals surface area contributed by atoms with E-state index in [2.05, 4.69) is 0 Å². The Hall–Kier alpha value is -1.75. The number of hydrogen-bond acceptors (Lipinski definition) is 4. The van der Waals surface area contributed by atoms with Crippen molar-refractivity contribution in [2.75, 3.05) is 19.7 Å². The van der Waals surface area contributed by atoms with E-state index in [0.29, 0.717) is 18.1 Å². The molecule has 1 aromatic rings. The molecule has 1 amide bonds. The topological polar surface area (TPSA) is 55.8 Å². The number of nitrogens with zero attached hydrogens (tertiary/aromatic N) is 1. The molecule has 5 nitrogen and oxygen atoms in total. The summed E-state index contributed by atoms with van der Waals surface area (Å²) in [4.78, 5) is 24.7. The standard InChI is InChI=1S/C23H30ClNO4/c1-23(8-9-23)29-22(27)25-10-4-16(5-11-25)20-14-18(20)7-13-28-19-3-2-17(6-12-26)21(24)15-19/h2-3,12,15-16,18,20H,4-11,13-14H2,1H3/t18-,20-/m1/s1. The van der Waals surface area contributed by atoms with Crippen LogP contribution >= 0.6 is 11.6 Å². The molecule has 6 heteroatoms. The predicted octanol–water partition coefficient (Wildman–Crippen LogP) is 4.89. The van der Waals surface area contributed by atoms with Crippen molar-refractivity contribution >= 4 is 24.0 Å². The van der Waals surface area contributed by atoms with Crippen molar-refractivity contribution in [2.24, 2.45) is 17.8 Å². The van der Waals surface area contributed by atoms with Crippen LogP contribution in [0.25, 0.3) is 0 Å². The fourth-order valence-corrected chi connectivity index (χ4v) is 4.69. The van der Waals surface area contributed by atoms with Crippen LogP contribution in [-0.2, 0) is 16.0 Å². The molecule has 0 N–H and O–H groups in total. The number of benzene rings is 1. The number of carbonyl (C=O) groups excluding carboxylic acids is 2. The van der Waals surface area contributed by atoms with Gasteiger partial charge in [0.15, 0.2) is 0 Å². The molecule has 29 heavy (non-hydrogen) atoms. The maximum Gasteiger partial charge on any atom is 0.410 e. The minimum atomic E-state index is -0.186. The summed E-state index contributed by atoms with van der Waals surface area (Å²) in [6.45, 7) is 4.35. The Labute approximate surface area is 177 Å². The third-order valence-electron chi connectivity index (χ3n) is 6.75. The second-order valence-corrected chi connectivity index (χ2v) is 9.47. The van der Waals surface area contributed by atoms with Gasteiger partial charge in [0, 0.05) is 24.5 Å². The zero-order chi connectivity index (χ0) is 20.4. The van der Waals surface area contributed by atoms with Gasteiger partial charge < -0.3 is 19.2 Å². The van der Waals surface area contributed by atoms with Crippen LogP contribution in [0.5, 0.6) is 5.75 Å². The van der Waals surface area contributed by atoms with Gasteiger partial charge in [-0.05, 0) is 80.9 Å². The molecular weight excluding hydrogens is 390 g/mol. The zero-order valence-corrected chi connectivity index (χ0v) is 17.8. The minimum Gasteiger partial charge on any atom is -0.494 e. The van der Waals surface area contributed by atoms with E-state index in [0.717, 1.165) is 80.5 Å². The lowest BCUT2D eigenvalue weighted by Gasteiger charge is -2.32. The summed E-state index contributed by atoms with van der Waals surface area (Å²) in [5, 5.41) is 0.583. The molecular formula is C23H30ClNO4. The number of aldehydes is 1. The van der Waals surface area contributed by atoms with E-state index < -0.39 is 0 Å². The number of rotatable bonds is 8. The fourth-order valence-electron chi connectivity index (χ4n) is 4.45. The summed E-state index contributed by atoms with van der Waals surface area (Å²) in [6.07, 6.45) is 7.56. The highest BCUT2D eigenvalue weighted by Gasteiger charge is 2.45. The number of carbonyl (C=O) groups is 2. The normalized spacial score (nSPS) is 25.4. The Kier molecular flexibility index (Phi) is 6.05. The predicted molar refractivity (Wildman–Crippen MR) is 111 cm³/mol. The molecule has 0 unspecified atom stereocenters. The van der Waals surface area contributed by atoms with Gasteiger partial charge in [-0.15, -0.1) is 0 Å². The van der Waals surface area contributed by atoms with Crippen molar-refractivity contribution in [3.63, 3.8) is 0 Å². The van der Waals surface area contributed by atoms with Crippen LogP contribution in [0.4, 0.5) is 4.79 Å². The van der Waals surface area contributed by atoms with Gasteiger partial charge in [-0.2, -0.15) is 0 Å². The van der Waals surface area contributed by atoms with E-state index in [-0.39, 0.29) is 11.7 Å². The average molecular weight is 420 g/mol. The van der Waals surface area contributed by atoms with Gasteiger partial charge in [0.25, 0.3) is 0 Å². The van der Waals surface area contributed by atoms with Gasteiger partial charge in [-0.25, -0.2) is 4.79 Å². The van der Waals surface area contributed by atoms with Crippen LogP contribution in [-0.4, -0.2) is 42.6 Å². The molecule has 2 saturated carbocycles. The van der Waals surface area contributed by atoms with Crippen LogP contribution in [0.15, 0.2) is 18.2 Å². The Morgan fingerprint density at radius 2 is 2.07 bits per heavy atom. The maximum absolute atomic E-state index is 12.2. The summed E-state index contributed by atoms with van der Waals surface area (Å²) < 4.78 is 11.5. The van der Waals surface area contributed by atoms with E-state index in [9.17, 15) is 9.59 Å². The highest BCUT2D eigenvalue weighted by atomic mass is 35.5. The monoisotopic (exact) mass is 419 g/mol. The molecule has 1 heterocycles. The Morgan fingerprint density at radius 1 is 1.31 bits per heavy atom. The number of halogens is 1. The van der Waals surface area contributed by atoms with E-state index >= 15 is 0 Å². The number of likely N-dealkylation sites (tertiary alicyclic amines) is 1. The van der Waals surface area contributed by atoms with Crippen LogP contribution in [0.1, 0.15) is 51.0 Å². The summed E-state index contributed by atoms with van der Waals surface area (Å²) in [7, 11) is 0. The summed E-state index contributed by atoms with van der Waals surface area (Å²) in [6, 6.07) is 5.53. The molecule has 1 saturated heterocycles. The second kappa shape index (κ2) is 8.55. The largest absolute Gasteiger partial charge is 0.494 e. The van der Waals surface area contributed by atoms with Gasteiger partial charge in [0.1, 0.15) is 17.6 Å². The molecule has 0 bridgehead atoms. The van der Waals surface area contributed by atoms with Crippen molar-refractivity contribution in [2.45, 2.75) is 57.5 Å². The van der Waals surface area contributed by atoms with Crippen molar-refractivity contribution in [1.29, 1.82) is 0 Å². The highest BCUT2D eigenvalue weighted by Crippen LogP contribution is 2.50. The maximum atomic E-state index is 12.2. The minimum absolute atomic E-state index is 0.123. The second-order valence-electron chi connectivity index (χ2n) is 9.06. The lowest BCUT2D eigenvalue weighted by molar-refractivity contribution is -0.107. The lowest BCUT2D eigenvalue weighted by atomic mass is 9.91. The number of hydrogen-bond donors (Lipinski definition) is 0. The summed E-state index contributed by atoms with van der Waals surface area (Å²) >= 11 is 6.18. The Balaban J connectivity index is 1.14. The number of amides is 1. The average Bonchev–Trinajstić information content (AvgIpc) is 3.62. The Bertz CT molecular complexity index is 755. The first-order chi connectivity index (χ1) is 14.0. The van der Waals surface area contributed by atoms with Crippen molar-refractivity contribution in [3.05, 3.63) is 28.8 Å². The van der Waals surface area contributed by atoms with Crippen LogP contribution in [0.2, 0.25) is 5.02 Å². The molecule has 0 spiro atoms. The lowest BCUT2D eigenvalue weighted by Crippen LogP contribution is -2.40. The summed E-state index contributed by atoms with van der Waals surface area (Å²) in [5.41, 5.74) is 0.645. The van der Waals surface area contributed by atoms with Crippen molar-refractivity contribution in [3.8, 4) is 5.75 Å². The molecule has 0 radical (unpaired) electrons. The van der Waals surface area contributed by atoms with Gasteiger partial charge in [-0.3, -0.25) is 0 Å².